The number of carbonyl (C=O) groups excluding carboxylic acids is 1. The topological polar surface area (TPSA) is 32.3 Å². The number of nitrogens with one attached hydrogen (secondary N) is 1. The van der Waals surface area contributed by atoms with Gasteiger partial charge in [0, 0.05) is 19.1 Å². The maximum Gasteiger partial charge on any atom is 0.239 e. The monoisotopic (exact) mass is 236 g/mol. The van der Waals surface area contributed by atoms with Crippen molar-refractivity contribution in [1.29, 1.82) is 0 Å². The summed E-state index contributed by atoms with van der Waals surface area (Å²) in [6, 6.07) is 0.789. The molecule has 0 radical (unpaired) electrons. The molecule has 3 rings (SSSR count). The maximum atomic E-state index is 12.2. The summed E-state index contributed by atoms with van der Waals surface area (Å²) in [6.45, 7) is 4.34. The first-order chi connectivity index (χ1) is 8.22. The van der Waals surface area contributed by atoms with Crippen molar-refractivity contribution in [2.75, 3.05) is 13.1 Å². The Hall–Kier alpha value is -0.570. The van der Waals surface area contributed by atoms with E-state index < -0.39 is 0 Å². The molecule has 96 valence electrons. The van der Waals surface area contributed by atoms with E-state index >= 15 is 0 Å². The van der Waals surface area contributed by atoms with E-state index in [1.54, 1.807) is 0 Å². The zero-order valence-corrected chi connectivity index (χ0v) is 10.8. The number of amides is 1. The van der Waals surface area contributed by atoms with Gasteiger partial charge < -0.3 is 10.2 Å². The Morgan fingerprint density at radius 2 is 2.06 bits per heavy atom. The van der Waals surface area contributed by atoms with Gasteiger partial charge in [0.15, 0.2) is 0 Å². The van der Waals surface area contributed by atoms with Gasteiger partial charge in [0.05, 0.1) is 6.04 Å². The van der Waals surface area contributed by atoms with Crippen LogP contribution in [0, 0.1) is 11.8 Å². The molecule has 0 spiro atoms. The predicted molar refractivity (Wildman–Crippen MR) is 67.6 cm³/mol. The van der Waals surface area contributed by atoms with Crippen LogP contribution < -0.4 is 5.32 Å². The fourth-order valence-electron chi connectivity index (χ4n) is 3.41. The number of carbonyl (C=O) groups is 1. The second kappa shape index (κ2) is 4.60. The highest BCUT2D eigenvalue weighted by Crippen LogP contribution is 2.32. The quantitative estimate of drug-likeness (QED) is 0.807. The van der Waals surface area contributed by atoms with Crippen LogP contribution in [0.4, 0.5) is 0 Å². The van der Waals surface area contributed by atoms with E-state index in [4.69, 9.17) is 0 Å². The molecule has 3 atom stereocenters. The molecule has 1 amide bonds. The predicted octanol–water partition coefficient (Wildman–Crippen LogP) is 1.78. The van der Waals surface area contributed by atoms with Crippen LogP contribution in [0.2, 0.25) is 0 Å². The average molecular weight is 236 g/mol. The minimum absolute atomic E-state index is 0.140. The van der Waals surface area contributed by atoms with Crippen LogP contribution in [0.3, 0.4) is 0 Å². The lowest BCUT2D eigenvalue weighted by atomic mass is 10.1. The van der Waals surface area contributed by atoms with Crippen molar-refractivity contribution < 1.29 is 4.79 Å². The largest absolute Gasteiger partial charge is 0.341 e. The van der Waals surface area contributed by atoms with Gasteiger partial charge in [-0.3, -0.25) is 4.79 Å². The second-order valence-corrected chi connectivity index (χ2v) is 6.35. The lowest BCUT2D eigenvalue weighted by Gasteiger charge is -2.21. The Balaban J connectivity index is 1.49. The van der Waals surface area contributed by atoms with Gasteiger partial charge in [-0.1, -0.05) is 13.3 Å². The molecule has 3 aliphatic rings. The summed E-state index contributed by atoms with van der Waals surface area (Å²) >= 11 is 0. The van der Waals surface area contributed by atoms with Crippen molar-refractivity contribution in [3.8, 4) is 0 Å². The third kappa shape index (κ3) is 2.65. The minimum Gasteiger partial charge on any atom is -0.341 e. The van der Waals surface area contributed by atoms with Gasteiger partial charge in [-0.25, -0.2) is 0 Å². The molecular formula is C14H24N2O. The van der Waals surface area contributed by atoms with Gasteiger partial charge >= 0.3 is 0 Å². The highest BCUT2D eigenvalue weighted by atomic mass is 16.2. The van der Waals surface area contributed by atoms with Crippen molar-refractivity contribution in [2.45, 2.75) is 57.5 Å². The molecule has 0 aromatic carbocycles. The highest BCUT2D eigenvalue weighted by Gasteiger charge is 2.36. The Morgan fingerprint density at radius 1 is 1.24 bits per heavy atom. The molecule has 17 heavy (non-hydrogen) atoms. The van der Waals surface area contributed by atoms with Crippen LogP contribution >= 0.6 is 0 Å². The number of rotatable bonds is 4. The van der Waals surface area contributed by atoms with Crippen LogP contribution in [0.25, 0.3) is 0 Å². The molecule has 2 aliphatic carbocycles. The molecule has 1 saturated heterocycles. The van der Waals surface area contributed by atoms with E-state index in [1.807, 2.05) is 0 Å². The van der Waals surface area contributed by atoms with Crippen molar-refractivity contribution in [1.82, 2.24) is 10.2 Å². The highest BCUT2D eigenvalue weighted by molar-refractivity contribution is 5.84. The molecule has 0 bridgehead atoms. The Bertz CT molecular complexity index is 301. The average Bonchev–Trinajstić information content (AvgIpc) is 2.94. The van der Waals surface area contributed by atoms with Gasteiger partial charge in [0.2, 0.25) is 5.91 Å². The van der Waals surface area contributed by atoms with E-state index in [1.165, 1.54) is 32.1 Å². The van der Waals surface area contributed by atoms with Crippen molar-refractivity contribution in [2.24, 2.45) is 11.8 Å². The van der Waals surface area contributed by atoms with Crippen LogP contribution in [-0.2, 0) is 4.79 Å². The number of nitrogens with zero attached hydrogens (tertiary/aromatic N) is 1. The molecule has 3 nitrogen and oxygen atoms in total. The molecule has 3 fully saturated rings. The molecule has 2 saturated carbocycles. The Labute approximate surface area is 104 Å². The Kier molecular flexibility index (Phi) is 3.12. The van der Waals surface area contributed by atoms with Crippen molar-refractivity contribution in [3.63, 3.8) is 0 Å². The fourth-order valence-corrected chi connectivity index (χ4v) is 3.41. The number of hydrogen-bond acceptors (Lipinski definition) is 2. The molecule has 0 aromatic rings. The number of likely N-dealkylation sites (tertiary alicyclic amines) is 1. The summed E-state index contributed by atoms with van der Waals surface area (Å²) in [5.41, 5.74) is 0. The first-order valence-electron chi connectivity index (χ1n) is 7.27. The second-order valence-electron chi connectivity index (χ2n) is 6.35. The van der Waals surface area contributed by atoms with E-state index in [2.05, 4.69) is 17.1 Å². The number of hydrogen-bond donors (Lipinski definition) is 1. The lowest BCUT2D eigenvalue weighted by molar-refractivity contribution is -0.130. The lowest BCUT2D eigenvalue weighted by Crippen LogP contribution is -2.40. The maximum absolute atomic E-state index is 12.2. The summed E-state index contributed by atoms with van der Waals surface area (Å²) in [4.78, 5) is 14.3. The summed E-state index contributed by atoms with van der Waals surface area (Å²) in [6.07, 6.45) is 7.57. The van der Waals surface area contributed by atoms with Crippen LogP contribution in [0.15, 0.2) is 0 Å². The molecule has 3 heteroatoms. The minimum atomic E-state index is 0.140. The standard InChI is InChI=1S/C14H24N2O/c1-10-2-3-11(8-10)9-16-7-6-13(14(16)17)15-12-4-5-12/h10-13,15H,2-9H2,1H3. The summed E-state index contributed by atoms with van der Waals surface area (Å²) in [5.74, 6) is 2.02. The fraction of sp³-hybridized carbons (Fsp3) is 0.929. The van der Waals surface area contributed by atoms with E-state index in [-0.39, 0.29) is 6.04 Å². The molecule has 1 heterocycles. The normalized spacial score (nSPS) is 38.1. The molecular weight excluding hydrogens is 212 g/mol. The summed E-state index contributed by atoms with van der Waals surface area (Å²) in [7, 11) is 0. The summed E-state index contributed by atoms with van der Waals surface area (Å²) in [5, 5.41) is 3.48. The third-order valence-electron chi connectivity index (χ3n) is 4.59. The third-order valence-corrected chi connectivity index (χ3v) is 4.59. The van der Waals surface area contributed by atoms with Gasteiger partial charge in [-0.05, 0) is 43.9 Å². The van der Waals surface area contributed by atoms with E-state index in [0.717, 1.165) is 31.3 Å². The molecule has 1 N–H and O–H groups in total. The zero-order chi connectivity index (χ0) is 11.8. The molecule has 0 aromatic heterocycles. The van der Waals surface area contributed by atoms with E-state index in [0.29, 0.717) is 11.9 Å². The first kappa shape index (κ1) is 11.5. The van der Waals surface area contributed by atoms with Crippen molar-refractivity contribution >= 4 is 5.91 Å². The van der Waals surface area contributed by atoms with Crippen LogP contribution in [0.5, 0.6) is 0 Å². The SMILES string of the molecule is CC1CCC(CN2CCC(NC3CC3)C2=O)C1. The Morgan fingerprint density at radius 3 is 2.71 bits per heavy atom. The van der Waals surface area contributed by atoms with Gasteiger partial charge in [0.1, 0.15) is 0 Å². The summed E-state index contributed by atoms with van der Waals surface area (Å²) < 4.78 is 0. The van der Waals surface area contributed by atoms with Crippen LogP contribution in [-0.4, -0.2) is 36.0 Å². The first-order valence-corrected chi connectivity index (χ1v) is 7.27. The van der Waals surface area contributed by atoms with Gasteiger partial charge in [0.25, 0.3) is 0 Å². The van der Waals surface area contributed by atoms with Crippen LogP contribution in [0.1, 0.15) is 45.4 Å². The van der Waals surface area contributed by atoms with Crippen molar-refractivity contribution in [3.05, 3.63) is 0 Å². The molecule has 3 unspecified atom stereocenters. The van der Waals surface area contributed by atoms with E-state index in [9.17, 15) is 4.79 Å². The molecule has 1 aliphatic heterocycles. The van der Waals surface area contributed by atoms with Gasteiger partial charge in [-0.15, -0.1) is 0 Å². The zero-order valence-electron chi connectivity index (χ0n) is 10.8. The smallest absolute Gasteiger partial charge is 0.239 e. The van der Waals surface area contributed by atoms with Gasteiger partial charge in [-0.2, -0.15) is 0 Å².